The fraction of sp³-hybridized carbons (Fsp3) is 0.474. The summed E-state index contributed by atoms with van der Waals surface area (Å²) in [5.74, 6) is 7.34. The quantitative estimate of drug-likeness (QED) is 0.152. The molecule has 0 amide bonds. The molecule has 0 N–H and O–H groups in total. The van der Waals surface area contributed by atoms with Gasteiger partial charge in [0.25, 0.3) is 0 Å². The van der Waals surface area contributed by atoms with Crippen LogP contribution < -0.4 is 14.2 Å². The molecule has 1 aromatic carbocycles. The standard InChI is InChI=1S/C11H16S.C11H12S.C10H14OS.C10H14S.C9H10N2S.C9H12O2S.C9H10S2.C7H10S/c2*1-8(2)11-7-9-5-3-4-6-10(9)12-11;1-7(2)10-6-8-9(12-10)4-3-5-11-8;1-7(2)10-6-8-4-3-5-9(8)11-10;2*1-6(2)8-5-7-9(12-8)11-4-3-10-7;1-6(2)8-5-9-7(11-8)3-4-10-9;1-6(2)7-4-3-5-8-7/h7-8H,3-6H2,1-2H3;3-8H,1-2H3;6-7H,3-5H2,1-2H3;6-7H,3-5H2,1-2H3;3-6H,1-2H3;5-6H,3-4H2,1-2H3;3-6H,1-2H3;3-6H,1-2H3. The predicted octanol–water partition coefficient (Wildman–Crippen LogP) is 26.7. The molecule has 4 aliphatic rings. The van der Waals surface area contributed by atoms with Crippen LogP contribution in [0.2, 0.25) is 0 Å². The number of hydrogen-bond donors (Lipinski definition) is 0. The second-order valence-corrected chi connectivity index (χ2v) is 35.5. The van der Waals surface area contributed by atoms with Crippen LogP contribution in [0.1, 0.15) is 249 Å². The molecule has 0 spiro atoms. The maximum atomic E-state index is 5.56. The summed E-state index contributed by atoms with van der Waals surface area (Å²) in [5, 5.41) is 6.61. The van der Waals surface area contributed by atoms with Crippen LogP contribution in [0.25, 0.3) is 29.8 Å². The van der Waals surface area contributed by atoms with Crippen LogP contribution in [0.3, 0.4) is 0 Å². The Morgan fingerprint density at radius 2 is 0.856 bits per heavy atom. The minimum Gasteiger partial charge on any atom is -0.492 e. The van der Waals surface area contributed by atoms with E-state index in [9.17, 15) is 0 Å². The van der Waals surface area contributed by atoms with Gasteiger partial charge < -0.3 is 14.2 Å². The van der Waals surface area contributed by atoms with Crippen molar-refractivity contribution in [1.29, 1.82) is 0 Å². The van der Waals surface area contributed by atoms with Crippen molar-refractivity contribution >= 4 is 132 Å². The van der Waals surface area contributed by atoms with Crippen molar-refractivity contribution < 1.29 is 14.2 Å². The maximum absolute atomic E-state index is 5.56. The van der Waals surface area contributed by atoms with E-state index in [2.05, 4.69) is 216 Å². The molecular formula is C76H98N2O3S9. The molecular weight excluding hydrogens is 1280 g/mol. The van der Waals surface area contributed by atoms with E-state index >= 15 is 0 Å². The van der Waals surface area contributed by atoms with Gasteiger partial charge in [-0.25, -0.2) is 4.98 Å². The predicted molar refractivity (Wildman–Crippen MR) is 407 cm³/mol. The molecule has 5 nitrogen and oxygen atoms in total. The van der Waals surface area contributed by atoms with Crippen LogP contribution in [-0.4, -0.2) is 29.8 Å². The smallest absolute Gasteiger partial charge is 0.217 e. The van der Waals surface area contributed by atoms with Crippen LogP contribution in [0.5, 0.6) is 16.6 Å². The van der Waals surface area contributed by atoms with Gasteiger partial charge in [0.1, 0.15) is 23.8 Å². The Morgan fingerprint density at radius 1 is 0.344 bits per heavy atom. The number of nitrogens with zero attached hydrogens (tertiary/aromatic N) is 2. The Bertz CT molecular complexity index is 3440. The van der Waals surface area contributed by atoms with E-state index in [0.717, 1.165) is 45.4 Å². The number of benzene rings is 1. The topological polar surface area (TPSA) is 53.5 Å². The third kappa shape index (κ3) is 20.9. The molecule has 0 saturated carbocycles. The Morgan fingerprint density at radius 3 is 1.43 bits per heavy atom. The Labute approximate surface area is 576 Å². The average Bonchev–Trinajstić information content (AvgIpc) is 4.52. The third-order valence-corrected chi connectivity index (χ3v) is 27.7. The summed E-state index contributed by atoms with van der Waals surface area (Å²) < 4.78 is 20.7. The molecule has 0 saturated heterocycles. The number of ether oxygens (including phenoxy) is 3. The molecule has 11 aromatic rings. The van der Waals surface area contributed by atoms with Crippen molar-refractivity contribution in [3.8, 4) is 16.6 Å². The average molecular weight is 1380 g/mol. The summed E-state index contributed by atoms with van der Waals surface area (Å²) in [6.07, 6.45) is 15.4. The van der Waals surface area contributed by atoms with E-state index < -0.39 is 0 Å². The van der Waals surface area contributed by atoms with Crippen LogP contribution in [0.15, 0.2) is 108 Å². The first-order chi connectivity index (χ1) is 43.2. The fourth-order valence-corrected chi connectivity index (χ4v) is 19.6. The van der Waals surface area contributed by atoms with Gasteiger partial charge in [0.15, 0.2) is 5.75 Å². The van der Waals surface area contributed by atoms with Gasteiger partial charge in [0, 0.05) is 80.1 Å². The lowest BCUT2D eigenvalue weighted by atomic mass is 9.98. The summed E-state index contributed by atoms with van der Waals surface area (Å²) in [4.78, 5) is 26.1. The van der Waals surface area contributed by atoms with Gasteiger partial charge in [0.2, 0.25) is 5.06 Å². The van der Waals surface area contributed by atoms with Crippen LogP contribution in [0.4, 0.5) is 0 Å². The molecule has 0 fully saturated rings. The van der Waals surface area contributed by atoms with E-state index in [1.165, 1.54) is 111 Å². The minimum atomic E-state index is 0.563. The number of thiophene rings is 9. The second kappa shape index (κ2) is 35.3. The normalized spacial score (nSPS) is 13.6. The first-order valence-corrected chi connectivity index (χ1v) is 40.2. The second-order valence-electron chi connectivity index (χ2n) is 25.8. The highest BCUT2D eigenvalue weighted by Crippen LogP contribution is 2.43. The molecule has 15 rings (SSSR count). The monoisotopic (exact) mass is 1370 g/mol. The van der Waals surface area contributed by atoms with Crippen molar-refractivity contribution in [2.45, 2.75) is 216 Å². The van der Waals surface area contributed by atoms with Gasteiger partial charge in [-0.2, -0.15) is 0 Å². The van der Waals surface area contributed by atoms with Gasteiger partial charge in [-0.3, -0.25) is 4.98 Å². The Balaban J connectivity index is 0.000000133. The maximum Gasteiger partial charge on any atom is 0.217 e. The van der Waals surface area contributed by atoms with Gasteiger partial charge in [-0.15, -0.1) is 102 Å². The largest absolute Gasteiger partial charge is 0.492 e. The number of rotatable bonds is 8. The van der Waals surface area contributed by atoms with E-state index in [1.54, 1.807) is 65.7 Å². The molecule has 2 aliphatic heterocycles. The highest BCUT2D eigenvalue weighted by atomic mass is 32.1. The lowest BCUT2D eigenvalue weighted by molar-refractivity contribution is 0.178. The summed E-state index contributed by atoms with van der Waals surface area (Å²) in [6.45, 7) is 38.0. The first kappa shape index (κ1) is 71.6. The number of fused-ring (bicyclic) bond motifs is 7. The molecule has 12 heterocycles. The summed E-state index contributed by atoms with van der Waals surface area (Å²) in [5.41, 5.74) is 4.31. The molecule has 0 unspecified atom stereocenters. The number of hydrogen-bond acceptors (Lipinski definition) is 14. The van der Waals surface area contributed by atoms with Crippen LogP contribution in [-0.2, 0) is 32.1 Å². The fourth-order valence-electron chi connectivity index (χ4n) is 10.1. The van der Waals surface area contributed by atoms with E-state index in [1.807, 2.05) is 79.4 Å². The zero-order valence-electron chi connectivity index (χ0n) is 56.3. The van der Waals surface area contributed by atoms with Crippen molar-refractivity contribution in [2.75, 3.05) is 19.8 Å². The lowest BCUT2D eigenvalue weighted by Crippen LogP contribution is -2.13. The zero-order chi connectivity index (χ0) is 64.4. The van der Waals surface area contributed by atoms with E-state index in [-0.39, 0.29) is 0 Å². The van der Waals surface area contributed by atoms with Gasteiger partial charge >= 0.3 is 0 Å². The molecule has 0 atom stereocenters. The molecule has 10 aromatic heterocycles. The van der Waals surface area contributed by atoms with Gasteiger partial charge in [0.05, 0.1) is 12.1 Å². The third-order valence-electron chi connectivity index (χ3n) is 15.5. The van der Waals surface area contributed by atoms with Crippen molar-refractivity contribution in [2.24, 2.45) is 0 Å². The lowest BCUT2D eigenvalue weighted by Gasteiger charge is -2.13. The molecule has 14 heteroatoms. The van der Waals surface area contributed by atoms with Crippen LogP contribution in [0, 0.1) is 0 Å². The van der Waals surface area contributed by atoms with Crippen LogP contribution >= 0.6 is 102 Å². The van der Waals surface area contributed by atoms with E-state index in [0.29, 0.717) is 48.7 Å². The van der Waals surface area contributed by atoms with Gasteiger partial charge in [-0.1, -0.05) is 135 Å². The SMILES string of the molecule is CC(C)c1cc2c(s1)CCC2.CC(C)c1cc2c(s1)CCCC2.CC(C)c1cc2c(s1)CCCO2.CC(C)c1cc2c(s1)OCCO2.CC(C)c1cc2ccccc2s1.CC(C)c1cc2nccnc2s1.CC(C)c1cc2sccc2s1.CC(C)c1cccs1. The summed E-state index contributed by atoms with van der Waals surface area (Å²) >= 11 is 16.9. The molecule has 0 bridgehead atoms. The Kier molecular flexibility index (Phi) is 28.1. The van der Waals surface area contributed by atoms with Crippen molar-refractivity contribution in [3.63, 3.8) is 0 Å². The minimum absolute atomic E-state index is 0.563. The number of aromatic nitrogens is 2. The highest BCUT2D eigenvalue weighted by molar-refractivity contribution is 7.27. The van der Waals surface area contributed by atoms with Crippen molar-refractivity contribution in [1.82, 2.24) is 9.97 Å². The van der Waals surface area contributed by atoms with Gasteiger partial charge in [-0.05, 0) is 193 Å². The zero-order valence-corrected chi connectivity index (χ0v) is 63.6. The van der Waals surface area contributed by atoms with Crippen molar-refractivity contribution in [3.05, 3.63) is 173 Å². The molecule has 484 valence electrons. The van der Waals surface area contributed by atoms with E-state index in [4.69, 9.17) is 14.2 Å². The molecule has 2 aliphatic carbocycles. The molecule has 0 radical (unpaired) electrons. The summed E-state index contributed by atoms with van der Waals surface area (Å²) in [6, 6.07) is 30.9. The summed E-state index contributed by atoms with van der Waals surface area (Å²) in [7, 11) is 0. The highest BCUT2D eigenvalue weighted by Gasteiger charge is 2.20. The first-order valence-electron chi connectivity index (χ1n) is 32.8. The Hall–Kier alpha value is -4.22. The number of aryl methyl sites for hydroxylation is 5. The molecule has 90 heavy (non-hydrogen) atoms.